The number of H-pyrrole nitrogens is 2. The quantitative estimate of drug-likeness (QED) is 0.504. The molecule has 10 nitrogen and oxygen atoms in total. The van der Waals surface area contributed by atoms with Gasteiger partial charge in [-0.1, -0.05) is 24.6 Å². The lowest BCUT2D eigenvalue weighted by molar-refractivity contribution is -0.128. The lowest BCUT2D eigenvalue weighted by Crippen LogP contribution is -2.33. The van der Waals surface area contributed by atoms with Crippen LogP contribution in [0.1, 0.15) is 37.2 Å². The van der Waals surface area contributed by atoms with Crippen molar-refractivity contribution in [3.63, 3.8) is 0 Å². The van der Waals surface area contributed by atoms with Gasteiger partial charge in [0.05, 0.1) is 12.9 Å². The third-order valence-electron chi connectivity index (χ3n) is 5.48. The largest absolute Gasteiger partial charge is 0.497 e. The Kier molecular flexibility index (Phi) is 7.28. The van der Waals surface area contributed by atoms with Crippen LogP contribution in [0.2, 0.25) is 0 Å². The Bertz CT molecular complexity index is 1180. The normalized spacial score (nSPS) is 14.2. The van der Waals surface area contributed by atoms with E-state index < -0.39 is 11.2 Å². The summed E-state index contributed by atoms with van der Waals surface area (Å²) in [7, 11) is 1.60. The van der Waals surface area contributed by atoms with E-state index in [4.69, 9.17) is 4.74 Å². The first-order valence-electron chi connectivity index (χ1n) is 10.9. The van der Waals surface area contributed by atoms with Gasteiger partial charge in [0.25, 0.3) is 5.56 Å². The van der Waals surface area contributed by atoms with Gasteiger partial charge in [-0.2, -0.15) is 0 Å². The number of methoxy groups -OCH3 is 1. The van der Waals surface area contributed by atoms with Gasteiger partial charge in [0, 0.05) is 37.0 Å². The molecule has 0 spiro atoms. The Morgan fingerprint density at radius 3 is 2.45 bits per heavy atom. The van der Waals surface area contributed by atoms with Gasteiger partial charge < -0.3 is 14.6 Å². The zero-order valence-corrected chi connectivity index (χ0v) is 19.2. The predicted molar refractivity (Wildman–Crippen MR) is 124 cm³/mol. The molecule has 4 rings (SSSR count). The van der Waals surface area contributed by atoms with Crippen molar-refractivity contribution in [3.05, 3.63) is 62.7 Å². The fourth-order valence-electron chi connectivity index (χ4n) is 3.82. The van der Waals surface area contributed by atoms with Crippen molar-refractivity contribution in [1.82, 2.24) is 29.6 Å². The number of nitrogens with zero attached hydrogens (tertiary/aromatic N) is 4. The second-order valence-electron chi connectivity index (χ2n) is 7.81. The van der Waals surface area contributed by atoms with Gasteiger partial charge in [-0.25, -0.2) is 4.79 Å². The van der Waals surface area contributed by atoms with Gasteiger partial charge in [-0.15, -0.1) is 10.2 Å². The number of benzene rings is 1. The summed E-state index contributed by atoms with van der Waals surface area (Å²) in [5.41, 5.74) is 0.142. The Morgan fingerprint density at radius 2 is 1.79 bits per heavy atom. The van der Waals surface area contributed by atoms with Gasteiger partial charge in [0.2, 0.25) is 5.91 Å². The molecule has 3 aromatic rings. The van der Waals surface area contributed by atoms with Gasteiger partial charge in [-0.3, -0.25) is 19.1 Å². The number of nitrogens with one attached hydrogen (secondary N) is 2. The number of amides is 1. The lowest BCUT2D eigenvalue weighted by Gasteiger charge is -2.20. The number of aromatic nitrogens is 5. The summed E-state index contributed by atoms with van der Waals surface area (Å²) in [6.45, 7) is 1.59. The molecule has 0 bridgehead atoms. The molecule has 33 heavy (non-hydrogen) atoms. The second kappa shape index (κ2) is 10.5. The molecule has 0 saturated carbocycles. The van der Waals surface area contributed by atoms with E-state index in [1.54, 1.807) is 7.11 Å². The number of aromatic amines is 2. The van der Waals surface area contributed by atoms with Crippen LogP contribution in [0.5, 0.6) is 5.75 Å². The van der Waals surface area contributed by atoms with Gasteiger partial charge in [0.15, 0.2) is 5.16 Å². The van der Waals surface area contributed by atoms with Crippen molar-refractivity contribution in [2.24, 2.45) is 0 Å². The maximum absolute atomic E-state index is 12.8. The highest BCUT2D eigenvalue weighted by Crippen LogP contribution is 2.25. The number of ether oxygens (including phenoxy) is 1. The maximum Gasteiger partial charge on any atom is 0.325 e. The highest BCUT2D eigenvalue weighted by atomic mass is 32.2. The fraction of sp³-hybridized carbons (Fsp3) is 0.409. The van der Waals surface area contributed by atoms with Gasteiger partial charge >= 0.3 is 5.69 Å². The molecule has 0 radical (unpaired) electrons. The van der Waals surface area contributed by atoms with Crippen LogP contribution in [0.3, 0.4) is 0 Å². The smallest absolute Gasteiger partial charge is 0.325 e. The molecule has 11 heteroatoms. The molecule has 1 fully saturated rings. The first kappa shape index (κ1) is 22.8. The average molecular weight is 471 g/mol. The van der Waals surface area contributed by atoms with Crippen LogP contribution in [0.25, 0.3) is 5.69 Å². The molecule has 1 aromatic carbocycles. The zero-order valence-electron chi connectivity index (χ0n) is 18.4. The Labute approximate surface area is 194 Å². The van der Waals surface area contributed by atoms with E-state index in [1.807, 2.05) is 33.7 Å². The second-order valence-corrected chi connectivity index (χ2v) is 8.75. The van der Waals surface area contributed by atoms with Gasteiger partial charge in [0.1, 0.15) is 11.6 Å². The number of thioether (sulfide) groups is 1. The van der Waals surface area contributed by atoms with E-state index in [9.17, 15) is 14.4 Å². The minimum absolute atomic E-state index is 0.0895. The maximum atomic E-state index is 12.8. The lowest BCUT2D eigenvalue weighted by atomic mass is 10.2. The van der Waals surface area contributed by atoms with Crippen LogP contribution in [-0.2, 0) is 11.2 Å². The van der Waals surface area contributed by atoms with Crippen molar-refractivity contribution in [1.29, 1.82) is 0 Å². The van der Waals surface area contributed by atoms with Gasteiger partial charge in [-0.05, 0) is 37.1 Å². The topological polar surface area (TPSA) is 126 Å². The van der Waals surface area contributed by atoms with E-state index in [1.165, 1.54) is 17.8 Å². The van der Waals surface area contributed by atoms with Crippen molar-refractivity contribution < 1.29 is 9.53 Å². The van der Waals surface area contributed by atoms with Crippen molar-refractivity contribution in [2.75, 3.05) is 26.0 Å². The van der Waals surface area contributed by atoms with Crippen LogP contribution in [-0.4, -0.2) is 61.5 Å². The molecule has 2 N–H and O–H groups in total. The zero-order chi connectivity index (χ0) is 23.2. The molecule has 1 saturated heterocycles. The fourth-order valence-corrected chi connectivity index (χ4v) is 4.70. The highest BCUT2D eigenvalue weighted by molar-refractivity contribution is 7.99. The monoisotopic (exact) mass is 470 g/mol. The number of likely N-dealkylation sites (tertiary alicyclic amines) is 1. The molecule has 174 valence electrons. The molecule has 2 aromatic heterocycles. The number of carbonyl (C=O) groups excluding carboxylic acids is 1. The standard InChI is InChI=1S/C22H26N6O4S/c1-32-17-8-6-16(7-9-17)28-18(12-15-13-19(29)24-21(31)23-15)25-26-22(28)33-14-20(30)27-10-4-2-3-5-11-27/h6-9,13H,2-5,10-12,14H2,1H3,(H2,23,24,29,31). The van der Waals surface area contributed by atoms with Crippen LogP contribution in [0, 0.1) is 0 Å². The first-order valence-corrected chi connectivity index (χ1v) is 11.8. The number of hydrogen-bond donors (Lipinski definition) is 2. The molecular formula is C22H26N6O4S. The minimum atomic E-state index is -0.578. The van der Waals surface area contributed by atoms with E-state index >= 15 is 0 Å². The highest BCUT2D eigenvalue weighted by Gasteiger charge is 2.20. The summed E-state index contributed by atoms with van der Waals surface area (Å²) < 4.78 is 7.08. The van der Waals surface area contributed by atoms with E-state index in [2.05, 4.69) is 20.2 Å². The Hall–Kier alpha value is -3.34. The number of carbonyl (C=O) groups is 1. The van der Waals surface area contributed by atoms with E-state index in [0.717, 1.165) is 44.5 Å². The number of hydrogen-bond acceptors (Lipinski definition) is 7. The van der Waals surface area contributed by atoms with Crippen LogP contribution >= 0.6 is 11.8 Å². The molecule has 1 aliphatic rings. The molecule has 1 amide bonds. The SMILES string of the molecule is COc1ccc(-n2c(Cc3cc(=O)[nH]c(=O)[nH]3)nnc2SCC(=O)N2CCCCCC2)cc1. The first-order chi connectivity index (χ1) is 16.0. The summed E-state index contributed by atoms with van der Waals surface area (Å²) in [6.07, 6.45) is 4.60. The molecule has 0 aliphatic carbocycles. The van der Waals surface area contributed by atoms with E-state index in [-0.39, 0.29) is 18.1 Å². The van der Waals surface area contributed by atoms with Crippen LogP contribution < -0.4 is 16.0 Å². The van der Waals surface area contributed by atoms with Crippen LogP contribution in [0.4, 0.5) is 0 Å². The van der Waals surface area contributed by atoms with E-state index in [0.29, 0.717) is 22.4 Å². The van der Waals surface area contributed by atoms with Crippen molar-refractivity contribution >= 4 is 17.7 Å². The van der Waals surface area contributed by atoms with Crippen LogP contribution in [0.15, 0.2) is 45.1 Å². The summed E-state index contributed by atoms with van der Waals surface area (Å²) in [5, 5.41) is 9.17. The molecule has 0 atom stereocenters. The average Bonchev–Trinajstić information content (AvgIpc) is 3.00. The minimum Gasteiger partial charge on any atom is -0.497 e. The third-order valence-corrected chi connectivity index (χ3v) is 6.39. The Morgan fingerprint density at radius 1 is 1.06 bits per heavy atom. The summed E-state index contributed by atoms with van der Waals surface area (Å²) in [6, 6.07) is 8.71. The predicted octanol–water partition coefficient (Wildman–Crippen LogP) is 1.74. The molecule has 1 aliphatic heterocycles. The molecule has 3 heterocycles. The third kappa shape index (κ3) is 5.72. The summed E-state index contributed by atoms with van der Waals surface area (Å²) in [4.78, 5) is 42.9. The summed E-state index contributed by atoms with van der Waals surface area (Å²) in [5.74, 6) is 1.59. The Balaban J connectivity index is 1.61. The van der Waals surface area contributed by atoms with Crippen molar-refractivity contribution in [3.8, 4) is 11.4 Å². The summed E-state index contributed by atoms with van der Waals surface area (Å²) >= 11 is 1.33. The van der Waals surface area contributed by atoms with Crippen molar-refractivity contribution in [2.45, 2.75) is 37.3 Å². The number of rotatable bonds is 7. The molecule has 0 unspecified atom stereocenters. The molecular weight excluding hydrogens is 444 g/mol.